The average Bonchev–Trinajstić information content (AvgIpc) is 2.62. The third-order valence-corrected chi connectivity index (χ3v) is 9.28. The molecule has 0 spiro atoms. The third kappa shape index (κ3) is 5.57. The smallest absolute Gasteiger partial charge is 0.170 e. The Bertz CT molecular complexity index is 543. The first-order valence-electron chi connectivity index (χ1n) is 11.8. The summed E-state index contributed by atoms with van der Waals surface area (Å²) >= 11 is 0. The van der Waals surface area contributed by atoms with Gasteiger partial charge in [0.2, 0.25) is 0 Å². The molecule has 31 heavy (non-hydrogen) atoms. The van der Waals surface area contributed by atoms with Gasteiger partial charge in [0.05, 0.1) is 10.8 Å². The second-order valence-corrected chi connectivity index (χ2v) is 11.1. The van der Waals surface area contributed by atoms with Gasteiger partial charge < -0.3 is 0 Å². The van der Waals surface area contributed by atoms with Crippen molar-refractivity contribution in [2.24, 2.45) is 45.8 Å². The van der Waals surface area contributed by atoms with E-state index in [-0.39, 0.29) is 18.3 Å². The summed E-state index contributed by atoms with van der Waals surface area (Å²) in [5, 5.41) is 0. The predicted octanol–water partition coefficient (Wildman–Crippen LogP) is 9.93. The Morgan fingerprint density at radius 3 is 1.32 bits per heavy atom. The average molecular weight is 461 g/mol. The summed E-state index contributed by atoms with van der Waals surface area (Å²) in [6.45, 7) is 18.0. The molecule has 0 rings (SSSR count). The van der Waals surface area contributed by atoms with Crippen LogP contribution in [0.25, 0.3) is 0 Å². The zero-order valence-electron chi connectivity index (χ0n) is 21.5. The molecule has 6 heteroatoms. The fraction of sp³-hybridized carbons (Fsp3) is 1.00. The van der Waals surface area contributed by atoms with Crippen molar-refractivity contribution in [2.45, 2.75) is 114 Å². The van der Waals surface area contributed by atoms with Gasteiger partial charge in [0.15, 0.2) is 0 Å². The van der Waals surface area contributed by atoms with Gasteiger partial charge in [-0.1, -0.05) is 82.6 Å². The lowest BCUT2D eigenvalue weighted by Gasteiger charge is -2.51. The molecule has 0 saturated carbocycles. The molecule has 0 radical (unpaired) electrons. The molecule has 0 aliphatic rings. The van der Waals surface area contributed by atoms with Crippen LogP contribution in [0.4, 0.5) is 26.3 Å². The normalized spacial score (nSPS) is 21.0. The predicted molar refractivity (Wildman–Crippen MR) is 118 cm³/mol. The van der Waals surface area contributed by atoms with Crippen LogP contribution in [0, 0.1) is 45.8 Å². The Morgan fingerprint density at radius 2 is 1.06 bits per heavy atom. The van der Waals surface area contributed by atoms with Crippen molar-refractivity contribution in [1.29, 1.82) is 0 Å². The van der Waals surface area contributed by atoms with Gasteiger partial charge in [-0.2, -0.15) is 26.3 Å². The first kappa shape index (κ1) is 30.6. The van der Waals surface area contributed by atoms with Crippen LogP contribution in [0.2, 0.25) is 0 Å². The standard InChI is InChI=1S/C25H46F6/c1-12-21(9,13-2)23(11,25(29,30)31)19(8)15-14-18(7)20(16(3)4)22(10,17(5)6)24(26,27)28/h16-20H,12-15H2,1-11H3. The molecular formula is C25H46F6. The molecule has 0 aromatic heterocycles. The molecule has 0 amide bonds. The number of halogens is 6. The van der Waals surface area contributed by atoms with E-state index in [1.54, 1.807) is 62.3 Å². The van der Waals surface area contributed by atoms with Gasteiger partial charge in [-0.15, -0.1) is 0 Å². The number of alkyl halides is 6. The van der Waals surface area contributed by atoms with Crippen LogP contribution in [0.5, 0.6) is 0 Å². The molecule has 0 aromatic rings. The second-order valence-electron chi connectivity index (χ2n) is 11.1. The van der Waals surface area contributed by atoms with Gasteiger partial charge in [-0.05, 0) is 54.3 Å². The number of hydrogen-bond acceptors (Lipinski definition) is 0. The zero-order chi connectivity index (χ0) is 25.2. The van der Waals surface area contributed by atoms with E-state index in [4.69, 9.17) is 0 Å². The third-order valence-electron chi connectivity index (χ3n) is 9.28. The lowest BCUT2D eigenvalue weighted by atomic mass is 9.55. The molecule has 0 aromatic carbocycles. The monoisotopic (exact) mass is 460 g/mol. The SMILES string of the molecule is CCC(C)(CC)C(C)(C(C)CCC(C)C(C(C)C)C(C)(C(C)C)C(F)(F)F)C(F)(F)F. The molecule has 0 bridgehead atoms. The Kier molecular flexibility index (Phi) is 10.1. The summed E-state index contributed by atoms with van der Waals surface area (Å²) in [5.74, 6) is -2.55. The largest absolute Gasteiger partial charge is 0.395 e. The van der Waals surface area contributed by atoms with E-state index in [0.29, 0.717) is 19.3 Å². The van der Waals surface area contributed by atoms with Crippen LogP contribution in [0.15, 0.2) is 0 Å². The maximum atomic E-state index is 14.3. The van der Waals surface area contributed by atoms with Crippen LogP contribution in [0.1, 0.15) is 102 Å². The van der Waals surface area contributed by atoms with Gasteiger partial charge in [0.1, 0.15) is 0 Å². The highest BCUT2D eigenvalue weighted by Crippen LogP contribution is 2.60. The first-order valence-corrected chi connectivity index (χ1v) is 11.8. The Hall–Kier alpha value is -0.420. The van der Waals surface area contributed by atoms with E-state index in [1.807, 2.05) is 0 Å². The fourth-order valence-corrected chi connectivity index (χ4v) is 6.02. The molecule has 0 aliphatic carbocycles. The van der Waals surface area contributed by atoms with Crippen molar-refractivity contribution >= 4 is 0 Å². The quantitative estimate of drug-likeness (QED) is 0.269. The summed E-state index contributed by atoms with van der Waals surface area (Å²) in [6, 6.07) is 0. The Labute approximate surface area is 186 Å². The van der Waals surface area contributed by atoms with Crippen LogP contribution in [-0.2, 0) is 0 Å². The summed E-state index contributed by atoms with van der Waals surface area (Å²) in [7, 11) is 0. The minimum absolute atomic E-state index is 0.232. The summed E-state index contributed by atoms with van der Waals surface area (Å²) < 4.78 is 85.5. The number of hydrogen-bond donors (Lipinski definition) is 0. The topological polar surface area (TPSA) is 0 Å². The fourth-order valence-electron chi connectivity index (χ4n) is 6.02. The molecule has 0 saturated heterocycles. The summed E-state index contributed by atoms with van der Waals surface area (Å²) in [6.07, 6.45) is -7.37. The molecule has 0 fully saturated rings. The summed E-state index contributed by atoms with van der Waals surface area (Å²) in [5.41, 5.74) is -4.72. The van der Waals surface area contributed by atoms with Gasteiger partial charge in [0.25, 0.3) is 0 Å². The first-order chi connectivity index (χ1) is 13.7. The van der Waals surface area contributed by atoms with Gasteiger partial charge in [-0.25, -0.2) is 0 Å². The number of rotatable bonds is 11. The highest BCUT2D eigenvalue weighted by molar-refractivity contribution is 5.00. The minimum atomic E-state index is -4.38. The van der Waals surface area contributed by atoms with E-state index in [1.165, 1.54) is 13.8 Å². The van der Waals surface area contributed by atoms with Crippen molar-refractivity contribution in [3.63, 3.8) is 0 Å². The maximum absolute atomic E-state index is 14.3. The zero-order valence-corrected chi connectivity index (χ0v) is 21.5. The van der Waals surface area contributed by atoms with Crippen molar-refractivity contribution < 1.29 is 26.3 Å². The van der Waals surface area contributed by atoms with Crippen molar-refractivity contribution in [3.8, 4) is 0 Å². The van der Waals surface area contributed by atoms with Gasteiger partial charge in [-0.3, -0.25) is 0 Å². The Morgan fingerprint density at radius 1 is 0.645 bits per heavy atom. The highest BCUT2D eigenvalue weighted by atomic mass is 19.4. The van der Waals surface area contributed by atoms with Crippen molar-refractivity contribution in [3.05, 3.63) is 0 Å². The van der Waals surface area contributed by atoms with Gasteiger partial charge in [0, 0.05) is 0 Å². The molecular weight excluding hydrogens is 414 g/mol. The lowest BCUT2D eigenvalue weighted by Crippen LogP contribution is -2.53. The van der Waals surface area contributed by atoms with E-state index >= 15 is 0 Å². The van der Waals surface area contributed by atoms with Crippen molar-refractivity contribution in [2.75, 3.05) is 0 Å². The van der Waals surface area contributed by atoms with Crippen molar-refractivity contribution in [1.82, 2.24) is 0 Å². The minimum Gasteiger partial charge on any atom is -0.170 e. The molecule has 188 valence electrons. The second kappa shape index (κ2) is 10.2. The molecule has 0 aliphatic heterocycles. The molecule has 0 nitrogen and oxygen atoms in total. The summed E-state index contributed by atoms with van der Waals surface area (Å²) in [4.78, 5) is 0. The van der Waals surface area contributed by atoms with E-state index in [2.05, 4.69) is 0 Å². The molecule has 5 unspecified atom stereocenters. The van der Waals surface area contributed by atoms with Gasteiger partial charge >= 0.3 is 12.4 Å². The Balaban J connectivity index is 5.99. The van der Waals surface area contributed by atoms with Crippen LogP contribution >= 0.6 is 0 Å². The molecule has 0 heterocycles. The van der Waals surface area contributed by atoms with Crippen LogP contribution < -0.4 is 0 Å². The maximum Gasteiger partial charge on any atom is 0.395 e. The lowest BCUT2D eigenvalue weighted by molar-refractivity contribution is -0.278. The van der Waals surface area contributed by atoms with E-state index in [0.717, 1.165) is 0 Å². The van der Waals surface area contributed by atoms with E-state index < -0.39 is 46.4 Å². The van der Waals surface area contributed by atoms with Crippen LogP contribution in [0.3, 0.4) is 0 Å². The van der Waals surface area contributed by atoms with Crippen LogP contribution in [-0.4, -0.2) is 12.4 Å². The molecule has 5 atom stereocenters. The van der Waals surface area contributed by atoms with E-state index in [9.17, 15) is 26.3 Å². The molecule has 0 N–H and O–H groups in total. The highest BCUT2D eigenvalue weighted by Gasteiger charge is 2.63.